The lowest BCUT2D eigenvalue weighted by molar-refractivity contribution is -0.00524. The minimum Gasteiger partial charge on any atom is -0.415 e. The first-order valence-corrected chi connectivity index (χ1v) is 10.9. The van der Waals surface area contributed by atoms with Gasteiger partial charge in [0, 0.05) is 16.4 Å². The lowest BCUT2D eigenvalue weighted by Crippen LogP contribution is -2.48. The van der Waals surface area contributed by atoms with Crippen molar-refractivity contribution in [1.29, 1.82) is 0 Å². The van der Waals surface area contributed by atoms with Crippen molar-refractivity contribution < 1.29 is 4.42 Å². The number of rotatable bonds is 3. The summed E-state index contributed by atoms with van der Waals surface area (Å²) < 4.78 is 5.95. The number of aryl methyl sites for hydroxylation is 1. The van der Waals surface area contributed by atoms with Crippen molar-refractivity contribution in [1.82, 2.24) is 15.2 Å². The molecule has 4 fully saturated rings. The third-order valence-corrected chi connectivity index (χ3v) is 8.03. The Morgan fingerprint density at radius 2 is 1.56 bits per heavy atom. The molecular weight excluding hydrogens is 354 g/mol. The van der Waals surface area contributed by atoms with E-state index in [9.17, 15) is 0 Å². The molecule has 138 valence electrons. The van der Waals surface area contributed by atoms with Gasteiger partial charge in [0.15, 0.2) is 0 Å². The number of benzene rings is 1. The van der Waals surface area contributed by atoms with E-state index in [1.54, 1.807) is 11.3 Å². The smallest absolute Gasteiger partial charge is 0.267 e. The monoisotopic (exact) mass is 377 g/mol. The third kappa shape index (κ3) is 2.59. The maximum atomic E-state index is 5.95. The molecule has 0 unspecified atom stereocenters. The standard InChI is InChI=1S/C22H23N3OS/c1-13-2-4-17(5-3-13)19-24-25-20(26-19)18-12-27-21(23-18)22-9-14-6-15(10-22)8-16(7-14)11-22/h2-5,12,14-16H,6-11H2,1H3. The molecule has 0 spiro atoms. The number of hydrogen-bond donors (Lipinski definition) is 0. The average molecular weight is 378 g/mol. The maximum Gasteiger partial charge on any atom is 0.267 e. The lowest BCUT2D eigenvalue weighted by atomic mass is 9.50. The molecule has 0 amide bonds. The van der Waals surface area contributed by atoms with Gasteiger partial charge in [0.05, 0.1) is 5.01 Å². The van der Waals surface area contributed by atoms with E-state index in [0.717, 1.165) is 29.0 Å². The zero-order valence-electron chi connectivity index (χ0n) is 15.5. The molecule has 2 aromatic heterocycles. The first-order valence-electron chi connectivity index (χ1n) is 10.0. The fourth-order valence-electron chi connectivity index (χ4n) is 6.13. The summed E-state index contributed by atoms with van der Waals surface area (Å²) >= 11 is 1.80. The van der Waals surface area contributed by atoms with Crippen LogP contribution in [0.2, 0.25) is 0 Å². The van der Waals surface area contributed by atoms with Gasteiger partial charge in [-0.2, -0.15) is 0 Å². The van der Waals surface area contributed by atoms with Crippen LogP contribution in [0.5, 0.6) is 0 Å². The minimum atomic E-state index is 0.331. The van der Waals surface area contributed by atoms with Crippen LogP contribution in [0.15, 0.2) is 34.1 Å². The third-order valence-electron chi connectivity index (χ3n) is 6.94. The molecule has 1 aromatic carbocycles. The van der Waals surface area contributed by atoms with Crippen molar-refractivity contribution in [3.05, 3.63) is 40.2 Å². The zero-order chi connectivity index (χ0) is 18.0. The Labute approximate surface area is 163 Å². The normalized spacial score (nSPS) is 31.5. The van der Waals surface area contributed by atoms with E-state index in [1.807, 2.05) is 12.1 Å². The van der Waals surface area contributed by atoms with Crippen molar-refractivity contribution in [3.63, 3.8) is 0 Å². The minimum absolute atomic E-state index is 0.331. The number of hydrogen-bond acceptors (Lipinski definition) is 5. The Morgan fingerprint density at radius 3 is 2.22 bits per heavy atom. The van der Waals surface area contributed by atoms with Crippen LogP contribution in [-0.4, -0.2) is 15.2 Å². The molecule has 0 N–H and O–H groups in total. The molecule has 4 nitrogen and oxygen atoms in total. The molecule has 4 saturated carbocycles. The first-order chi connectivity index (χ1) is 13.2. The predicted octanol–water partition coefficient (Wildman–Crippen LogP) is 5.64. The van der Waals surface area contributed by atoms with Crippen LogP contribution in [-0.2, 0) is 5.41 Å². The topological polar surface area (TPSA) is 51.8 Å². The molecule has 0 radical (unpaired) electrons. The highest BCUT2D eigenvalue weighted by atomic mass is 32.1. The van der Waals surface area contributed by atoms with Gasteiger partial charge in [0.25, 0.3) is 5.89 Å². The van der Waals surface area contributed by atoms with Crippen LogP contribution in [0.1, 0.15) is 49.1 Å². The van der Waals surface area contributed by atoms with Gasteiger partial charge in [0.2, 0.25) is 5.89 Å². The second kappa shape index (κ2) is 5.74. The van der Waals surface area contributed by atoms with Gasteiger partial charge in [-0.05, 0) is 75.3 Å². The summed E-state index contributed by atoms with van der Waals surface area (Å²) in [5.41, 5.74) is 3.35. The molecule has 4 bridgehead atoms. The largest absolute Gasteiger partial charge is 0.415 e. The molecule has 7 rings (SSSR count). The molecule has 27 heavy (non-hydrogen) atoms. The zero-order valence-corrected chi connectivity index (χ0v) is 16.3. The van der Waals surface area contributed by atoms with Gasteiger partial charge >= 0.3 is 0 Å². The Hall–Kier alpha value is -2.01. The van der Waals surface area contributed by atoms with Crippen LogP contribution in [0.3, 0.4) is 0 Å². The summed E-state index contributed by atoms with van der Waals surface area (Å²) in [6.45, 7) is 2.07. The van der Waals surface area contributed by atoms with E-state index in [2.05, 4.69) is 34.6 Å². The molecule has 0 aliphatic heterocycles. The summed E-state index contributed by atoms with van der Waals surface area (Å²) in [5.74, 6) is 3.90. The summed E-state index contributed by atoms with van der Waals surface area (Å²) in [6.07, 6.45) is 8.39. The average Bonchev–Trinajstić information content (AvgIpc) is 3.31. The van der Waals surface area contributed by atoms with E-state index in [-0.39, 0.29) is 0 Å². The maximum absolute atomic E-state index is 5.95. The van der Waals surface area contributed by atoms with Crippen molar-refractivity contribution >= 4 is 11.3 Å². The number of thiazole rings is 1. The van der Waals surface area contributed by atoms with E-state index in [4.69, 9.17) is 9.40 Å². The molecule has 3 aromatic rings. The van der Waals surface area contributed by atoms with Gasteiger partial charge in [-0.1, -0.05) is 17.7 Å². The number of nitrogens with zero attached hydrogens (tertiary/aromatic N) is 3. The Kier molecular flexibility index (Phi) is 3.40. The Morgan fingerprint density at radius 1 is 0.926 bits per heavy atom. The first kappa shape index (κ1) is 16.0. The SMILES string of the molecule is Cc1ccc(-c2nnc(-c3csc(C45CC6CC(CC(C6)C4)C5)n3)o2)cc1. The quantitative estimate of drug-likeness (QED) is 0.593. The molecule has 4 aliphatic carbocycles. The molecule has 5 heteroatoms. The van der Waals surface area contributed by atoms with E-state index >= 15 is 0 Å². The predicted molar refractivity (Wildman–Crippen MR) is 105 cm³/mol. The summed E-state index contributed by atoms with van der Waals surface area (Å²) in [4.78, 5) is 5.01. The number of aromatic nitrogens is 3. The molecule has 0 saturated heterocycles. The van der Waals surface area contributed by atoms with E-state index in [1.165, 1.54) is 49.1 Å². The molecular formula is C22H23N3OS. The second-order valence-electron chi connectivity index (χ2n) is 9.01. The van der Waals surface area contributed by atoms with Crippen LogP contribution in [0, 0.1) is 24.7 Å². The highest BCUT2D eigenvalue weighted by Gasteiger charge is 2.53. The van der Waals surface area contributed by atoms with Gasteiger partial charge in [-0.25, -0.2) is 4.98 Å². The highest BCUT2D eigenvalue weighted by Crippen LogP contribution is 2.61. The Balaban J connectivity index is 1.30. The van der Waals surface area contributed by atoms with Crippen molar-refractivity contribution in [2.24, 2.45) is 17.8 Å². The van der Waals surface area contributed by atoms with Gasteiger partial charge in [-0.15, -0.1) is 21.5 Å². The van der Waals surface area contributed by atoms with Crippen LogP contribution >= 0.6 is 11.3 Å². The van der Waals surface area contributed by atoms with Gasteiger partial charge in [-0.3, -0.25) is 0 Å². The van der Waals surface area contributed by atoms with Gasteiger partial charge in [0.1, 0.15) is 5.69 Å². The second-order valence-corrected chi connectivity index (χ2v) is 9.87. The molecule has 0 atom stereocenters. The van der Waals surface area contributed by atoms with Crippen LogP contribution in [0.4, 0.5) is 0 Å². The fourth-order valence-corrected chi connectivity index (χ4v) is 7.16. The Bertz CT molecular complexity index is 952. The summed E-state index contributed by atoms with van der Waals surface area (Å²) in [5, 5.41) is 11.9. The molecule has 2 heterocycles. The molecule has 4 aliphatic rings. The van der Waals surface area contributed by atoms with Crippen molar-refractivity contribution in [2.45, 2.75) is 50.9 Å². The fraction of sp³-hybridized carbons (Fsp3) is 0.500. The van der Waals surface area contributed by atoms with Gasteiger partial charge < -0.3 is 4.42 Å². The lowest BCUT2D eigenvalue weighted by Gasteiger charge is -2.56. The van der Waals surface area contributed by atoms with Crippen LogP contribution in [0.25, 0.3) is 23.0 Å². The highest BCUT2D eigenvalue weighted by molar-refractivity contribution is 7.10. The van der Waals surface area contributed by atoms with Crippen LogP contribution < -0.4 is 0 Å². The van der Waals surface area contributed by atoms with E-state index in [0.29, 0.717) is 17.2 Å². The summed E-state index contributed by atoms with van der Waals surface area (Å²) in [6, 6.07) is 8.17. The van der Waals surface area contributed by atoms with Crippen molar-refractivity contribution in [3.8, 4) is 23.0 Å². The van der Waals surface area contributed by atoms with Crippen molar-refractivity contribution in [2.75, 3.05) is 0 Å². The summed E-state index contributed by atoms with van der Waals surface area (Å²) in [7, 11) is 0. The van der Waals surface area contributed by atoms with E-state index < -0.39 is 0 Å².